The summed E-state index contributed by atoms with van der Waals surface area (Å²) in [7, 11) is 0. The Hall–Kier alpha value is -0.940. The topological polar surface area (TPSA) is 64.6 Å². The van der Waals surface area contributed by atoms with Crippen LogP contribution in [0.1, 0.15) is 39.5 Å². The molecule has 5 heteroatoms. The summed E-state index contributed by atoms with van der Waals surface area (Å²) < 4.78 is 10.5. The number of ether oxygens (including phenoxy) is 2. The third-order valence-corrected chi connectivity index (χ3v) is 2.31. The predicted octanol–water partition coefficient (Wildman–Crippen LogP) is 1.31. The van der Waals surface area contributed by atoms with E-state index in [1.54, 1.807) is 6.92 Å². The van der Waals surface area contributed by atoms with Crippen LogP contribution in [0, 0.1) is 0 Å². The number of hydrogen-bond donors (Lipinski definition) is 1. The van der Waals surface area contributed by atoms with E-state index in [9.17, 15) is 9.59 Å². The Kier molecular flexibility index (Phi) is 11.9. The van der Waals surface area contributed by atoms with Gasteiger partial charge >= 0.3 is 0 Å². The highest BCUT2D eigenvalue weighted by atomic mass is 16.5. The second kappa shape index (κ2) is 12.5. The molecule has 1 N–H and O–H groups in total. The number of nitrogens with one attached hydrogen (secondary N) is 1. The lowest BCUT2D eigenvalue weighted by Gasteiger charge is -2.06. The van der Waals surface area contributed by atoms with Crippen molar-refractivity contribution in [2.24, 2.45) is 0 Å². The van der Waals surface area contributed by atoms with Gasteiger partial charge in [-0.1, -0.05) is 13.8 Å². The van der Waals surface area contributed by atoms with E-state index in [1.165, 1.54) is 0 Å². The molecule has 0 saturated heterocycles. The second-order valence-corrected chi connectivity index (χ2v) is 3.97. The summed E-state index contributed by atoms with van der Waals surface area (Å²) >= 11 is 0. The van der Waals surface area contributed by atoms with Gasteiger partial charge in [-0.3, -0.25) is 9.59 Å². The third kappa shape index (κ3) is 11.5. The van der Waals surface area contributed by atoms with Crippen LogP contribution in [0.2, 0.25) is 0 Å². The maximum absolute atomic E-state index is 11.3. The largest absolute Gasteiger partial charge is 0.379 e. The van der Waals surface area contributed by atoms with E-state index in [0.717, 1.165) is 13.0 Å². The third-order valence-electron chi connectivity index (χ3n) is 2.31. The zero-order valence-corrected chi connectivity index (χ0v) is 11.5. The first kappa shape index (κ1) is 17.1. The van der Waals surface area contributed by atoms with Gasteiger partial charge in [0.25, 0.3) is 0 Å². The summed E-state index contributed by atoms with van der Waals surface area (Å²) in [4.78, 5) is 22.3. The van der Waals surface area contributed by atoms with Crippen molar-refractivity contribution in [1.82, 2.24) is 5.32 Å². The van der Waals surface area contributed by atoms with E-state index < -0.39 is 0 Å². The lowest BCUT2D eigenvalue weighted by molar-refractivity contribution is -0.125. The van der Waals surface area contributed by atoms with E-state index in [2.05, 4.69) is 12.2 Å². The van der Waals surface area contributed by atoms with Crippen LogP contribution in [-0.2, 0) is 19.1 Å². The highest BCUT2D eigenvalue weighted by Gasteiger charge is 2.04. The molecule has 106 valence electrons. The number of carbonyl (C=O) groups excluding carboxylic acids is 2. The van der Waals surface area contributed by atoms with Crippen molar-refractivity contribution < 1.29 is 19.1 Å². The fraction of sp³-hybridized carbons (Fsp3) is 0.846. The molecule has 0 fully saturated rings. The second-order valence-electron chi connectivity index (χ2n) is 3.97. The zero-order chi connectivity index (χ0) is 13.6. The first-order valence-electron chi connectivity index (χ1n) is 6.64. The molecule has 0 atom stereocenters. The Morgan fingerprint density at radius 2 is 1.61 bits per heavy atom. The summed E-state index contributed by atoms with van der Waals surface area (Å²) in [6.45, 7) is 6.70. The number of hydrogen-bond acceptors (Lipinski definition) is 4. The molecule has 0 aromatic carbocycles. The fourth-order valence-corrected chi connectivity index (χ4v) is 1.25. The fourth-order valence-electron chi connectivity index (χ4n) is 1.25. The molecule has 0 aliphatic carbocycles. The lowest BCUT2D eigenvalue weighted by Crippen LogP contribution is -2.27. The van der Waals surface area contributed by atoms with Crippen LogP contribution in [0.3, 0.4) is 0 Å². The highest BCUT2D eigenvalue weighted by molar-refractivity contribution is 5.84. The van der Waals surface area contributed by atoms with E-state index in [0.29, 0.717) is 39.2 Å². The molecule has 5 nitrogen and oxygen atoms in total. The molecule has 0 unspecified atom stereocenters. The van der Waals surface area contributed by atoms with Gasteiger partial charge < -0.3 is 14.8 Å². The van der Waals surface area contributed by atoms with Crippen LogP contribution >= 0.6 is 0 Å². The number of Topliss-reactive ketones (excluding diaryl/α,β-unsaturated/α-hetero) is 1. The molecule has 0 heterocycles. The van der Waals surface area contributed by atoms with Gasteiger partial charge in [0.1, 0.15) is 5.78 Å². The molecule has 0 bridgehead atoms. The lowest BCUT2D eigenvalue weighted by atomic mass is 10.2. The van der Waals surface area contributed by atoms with Crippen LogP contribution in [0.4, 0.5) is 0 Å². The maximum Gasteiger partial charge on any atom is 0.220 e. The van der Waals surface area contributed by atoms with E-state index in [4.69, 9.17) is 9.47 Å². The van der Waals surface area contributed by atoms with Gasteiger partial charge in [-0.2, -0.15) is 0 Å². The normalized spacial score (nSPS) is 10.3. The Labute approximate surface area is 109 Å². The molecule has 0 spiro atoms. The van der Waals surface area contributed by atoms with Crippen LogP contribution in [0.5, 0.6) is 0 Å². The van der Waals surface area contributed by atoms with Crippen LogP contribution in [0.15, 0.2) is 0 Å². The molecule has 1 amide bonds. The average molecular weight is 259 g/mol. The van der Waals surface area contributed by atoms with Crippen LogP contribution in [0.25, 0.3) is 0 Å². The van der Waals surface area contributed by atoms with E-state index in [1.807, 2.05) is 0 Å². The minimum absolute atomic E-state index is 0.0948. The number of ketones is 1. The summed E-state index contributed by atoms with van der Waals surface area (Å²) in [5, 5.41) is 2.71. The summed E-state index contributed by atoms with van der Waals surface area (Å²) in [5.74, 6) is 0.0251. The smallest absolute Gasteiger partial charge is 0.220 e. The van der Waals surface area contributed by atoms with Crippen molar-refractivity contribution in [1.29, 1.82) is 0 Å². The molecule has 0 saturated carbocycles. The molecule has 0 radical (unpaired) electrons. The van der Waals surface area contributed by atoms with E-state index >= 15 is 0 Å². The molecular formula is C13H25NO4. The van der Waals surface area contributed by atoms with Gasteiger partial charge in [0.05, 0.1) is 19.8 Å². The number of carbonyl (C=O) groups is 2. The van der Waals surface area contributed by atoms with Gasteiger partial charge in [-0.15, -0.1) is 0 Å². The Morgan fingerprint density at radius 1 is 0.944 bits per heavy atom. The first-order chi connectivity index (χ1) is 8.70. The quantitative estimate of drug-likeness (QED) is 0.537. The van der Waals surface area contributed by atoms with Gasteiger partial charge in [-0.05, 0) is 6.42 Å². The standard InChI is InChI=1S/C13H25NO4/c1-3-8-17-10-11-18-9-7-14-13(16)6-5-12(15)4-2/h3-11H2,1-2H3,(H,14,16). The van der Waals surface area contributed by atoms with Gasteiger partial charge in [0.15, 0.2) is 0 Å². The first-order valence-corrected chi connectivity index (χ1v) is 6.64. The van der Waals surface area contributed by atoms with Crippen molar-refractivity contribution in [3.8, 4) is 0 Å². The van der Waals surface area contributed by atoms with Crippen molar-refractivity contribution in [3.05, 3.63) is 0 Å². The van der Waals surface area contributed by atoms with Crippen molar-refractivity contribution >= 4 is 11.7 Å². The number of rotatable bonds is 12. The van der Waals surface area contributed by atoms with Gasteiger partial charge in [-0.25, -0.2) is 0 Å². The SMILES string of the molecule is CCCOCCOCCNC(=O)CCC(=O)CC. The molecule has 0 rings (SSSR count). The van der Waals surface area contributed by atoms with E-state index in [-0.39, 0.29) is 18.1 Å². The van der Waals surface area contributed by atoms with Crippen molar-refractivity contribution in [3.63, 3.8) is 0 Å². The summed E-state index contributed by atoms with van der Waals surface area (Å²) in [6, 6.07) is 0. The van der Waals surface area contributed by atoms with Crippen molar-refractivity contribution in [2.75, 3.05) is 33.0 Å². The summed E-state index contributed by atoms with van der Waals surface area (Å²) in [5.41, 5.74) is 0. The summed E-state index contributed by atoms with van der Waals surface area (Å²) in [6.07, 6.45) is 2.10. The predicted molar refractivity (Wildman–Crippen MR) is 69.5 cm³/mol. The minimum Gasteiger partial charge on any atom is -0.379 e. The van der Waals surface area contributed by atoms with Gasteiger partial charge in [0, 0.05) is 32.4 Å². The molecule has 18 heavy (non-hydrogen) atoms. The maximum atomic E-state index is 11.3. The van der Waals surface area contributed by atoms with Crippen LogP contribution in [-0.4, -0.2) is 44.7 Å². The molecule has 0 aliphatic heterocycles. The minimum atomic E-state index is -0.0948. The molecule has 0 aromatic rings. The zero-order valence-electron chi connectivity index (χ0n) is 11.5. The van der Waals surface area contributed by atoms with Crippen LogP contribution < -0.4 is 5.32 Å². The molecule has 0 aromatic heterocycles. The number of amides is 1. The Balaban J connectivity index is 3.22. The average Bonchev–Trinajstić information content (AvgIpc) is 2.39. The van der Waals surface area contributed by atoms with Gasteiger partial charge in [0.2, 0.25) is 5.91 Å². The Bertz CT molecular complexity index is 231. The molecular weight excluding hydrogens is 234 g/mol. The monoisotopic (exact) mass is 259 g/mol. The highest BCUT2D eigenvalue weighted by Crippen LogP contribution is 1.94. The Morgan fingerprint density at radius 3 is 2.22 bits per heavy atom. The van der Waals surface area contributed by atoms with Crippen molar-refractivity contribution in [2.45, 2.75) is 39.5 Å². The molecule has 0 aliphatic rings.